The van der Waals surface area contributed by atoms with Gasteiger partial charge in [0, 0.05) is 18.7 Å². The fraction of sp³-hybridized carbons (Fsp3) is 0.304. The summed E-state index contributed by atoms with van der Waals surface area (Å²) in [5, 5.41) is 20.4. The second-order valence-corrected chi connectivity index (χ2v) is 7.36. The molecule has 1 unspecified atom stereocenters. The number of hydrogen-bond donors (Lipinski definition) is 2. The number of phenols is 1. The number of phenolic OH excluding ortho intramolecular Hbond substituents is 1. The summed E-state index contributed by atoms with van der Waals surface area (Å²) in [7, 11) is 0. The number of carbonyl (C=O) groups excluding carboxylic acids is 2. The van der Waals surface area contributed by atoms with Crippen LogP contribution < -0.4 is 0 Å². The molecule has 0 radical (unpaired) electrons. The Kier molecular flexibility index (Phi) is 6.52. The molecule has 1 amide bonds. The Morgan fingerprint density at radius 2 is 1.73 bits per heavy atom. The monoisotopic (exact) mass is 413 g/mol. The lowest BCUT2D eigenvalue weighted by molar-refractivity contribution is -0.140. The van der Waals surface area contributed by atoms with Crippen LogP contribution in [0.4, 0.5) is 4.39 Å². The summed E-state index contributed by atoms with van der Waals surface area (Å²) in [5.74, 6) is -2.33. The molecule has 1 aliphatic heterocycles. The molecule has 0 aromatic heterocycles. The van der Waals surface area contributed by atoms with Gasteiger partial charge in [-0.15, -0.1) is 0 Å². The molecule has 1 aliphatic rings. The van der Waals surface area contributed by atoms with Crippen LogP contribution in [0.25, 0.3) is 5.76 Å². The maximum absolute atomic E-state index is 13.3. The van der Waals surface area contributed by atoms with E-state index in [9.17, 15) is 24.2 Å². The third-order valence-corrected chi connectivity index (χ3v) is 4.86. The first-order valence-corrected chi connectivity index (χ1v) is 9.74. The summed E-state index contributed by atoms with van der Waals surface area (Å²) in [6.45, 7) is 4.49. The van der Waals surface area contributed by atoms with Gasteiger partial charge in [0.15, 0.2) is 0 Å². The van der Waals surface area contributed by atoms with Crippen molar-refractivity contribution < 1.29 is 28.9 Å². The number of hydrogen-bond acceptors (Lipinski definition) is 5. The number of rotatable bonds is 7. The van der Waals surface area contributed by atoms with Gasteiger partial charge in [-0.25, -0.2) is 4.39 Å². The summed E-state index contributed by atoms with van der Waals surface area (Å²) in [6.07, 6.45) is 0.558. The van der Waals surface area contributed by atoms with Crippen molar-refractivity contribution >= 4 is 17.4 Å². The Hall–Kier alpha value is -3.19. The van der Waals surface area contributed by atoms with E-state index in [1.54, 1.807) is 12.1 Å². The minimum atomic E-state index is -0.824. The van der Waals surface area contributed by atoms with Gasteiger partial charge in [0.25, 0.3) is 11.7 Å². The summed E-state index contributed by atoms with van der Waals surface area (Å²) in [6, 6.07) is 10.3. The normalized spacial score (nSPS) is 18.4. The third-order valence-electron chi connectivity index (χ3n) is 4.86. The molecule has 30 heavy (non-hydrogen) atoms. The van der Waals surface area contributed by atoms with E-state index < -0.39 is 23.5 Å². The highest BCUT2D eigenvalue weighted by Crippen LogP contribution is 2.39. The molecular formula is C23H24FNO5. The molecule has 0 bridgehead atoms. The molecule has 7 heteroatoms. The largest absolute Gasteiger partial charge is 0.508 e. The van der Waals surface area contributed by atoms with Crippen LogP contribution >= 0.6 is 0 Å². The number of ketones is 1. The number of halogens is 1. The fourth-order valence-electron chi connectivity index (χ4n) is 3.43. The number of ether oxygens (including phenoxy) is 1. The predicted octanol–water partition coefficient (Wildman–Crippen LogP) is 3.77. The van der Waals surface area contributed by atoms with Crippen LogP contribution in [0, 0.1) is 5.82 Å². The molecule has 0 aliphatic carbocycles. The Morgan fingerprint density at radius 1 is 1.10 bits per heavy atom. The molecule has 2 aromatic rings. The van der Waals surface area contributed by atoms with Crippen molar-refractivity contribution in [1.82, 2.24) is 4.90 Å². The lowest BCUT2D eigenvalue weighted by atomic mass is 9.95. The van der Waals surface area contributed by atoms with E-state index in [0.29, 0.717) is 18.6 Å². The van der Waals surface area contributed by atoms with Gasteiger partial charge in [-0.1, -0.05) is 12.1 Å². The van der Waals surface area contributed by atoms with Crippen molar-refractivity contribution in [3.05, 3.63) is 71.0 Å². The van der Waals surface area contributed by atoms with Crippen LogP contribution in [0.5, 0.6) is 5.75 Å². The number of benzene rings is 2. The molecule has 0 saturated carbocycles. The highest BCUT2D eigenvalue weighted by Gasteiger charge is 2.45. The van der Waals surface area contributed by atoms with E-state index in [1.165, 1.54) is 41.3 Å². The quantitative estimate of drug-likeness (QED) is 0.312. The molecule has 1 atom stereocenters. The van der Waals surface area contributed by atoms with Gasteiger partial charge < -0.3 is 19.8 Å². The lowest BCUT2D eigenvalue weighted by Crippen LogP contribution is -2.31. The van der Waals surface area contributed by atoms with Gasteiger partial charge >= 0.3 is 0 Å². The molecular weight excluding hydrogens is 389 g/mol. The van der Waals surface area contributed by atoms with Gasteiger partial charge in [-0.2, -0.15) is 0 Å². The average Bonchev–Trinajstić information content (AvgIpc) is 2.96. The molecule has 3 rings (SSSR count). The van der Waals surface area contributed by atoms with E-state index in [-0.39, 0.29) is 35.3 Å². The van der Waals surface area contributed by atoms with E-state index >= 15 is 0 Å². The lowest BCUT2D eigenvalue weighted by Gasteiger charge is -2.25. The molecule has 6 nitrogen and oxygen atoms in total. The number of carbonyl (C=O) groups is 2. The van der Waals surface area contributed by atoms with Crippen LogP contribution in [-0.4, -0.2) is 46.1 Å². The molecule has 0 spiro atoms. The van der Waals surface area contributed by atoms with Gasteiger partial charge in [0.2, 0.25) is 0 Å². The summed E-state index contributed by atoms with van der Waals surface area (Å²) < 4.78 is 18.8. The van der Waals surface area contributed by atoms with Crippen molar-refractivity contribution in [2.75, 3.05) is 13.2 Å². The van der Waals surface area contributed by atoms with Crippen LogP contribution in [0.2, 0.25) is 0 Å². The van der Waals surface area contributed by atoms with Crippen molar-refractivity contribution in [3.63, 3.8) is 0 Å². The molecule has 2 N–H and O–H groups in total. The maximum Gasteiger partial charge on any atom is 0.295 e. The SMILES string of the molecule is CC(C)OCCCN1C(=O)C(=O)C(=C(O)c2ccc(F)cc2)C1c1ccc(O)cc1. The van der Waals surface area contributed by atoms with Crippen LogP contribution in [0.1, 0.15) is 37.4 Å². The van der Waals surface area contributed by atoms with E-state index in [2.05, 4.69) is 0 Å². The zero-order valence-electron chi connectivity index (χ0n) is 16.8. The average molecular weight is 413 g/mol. The third kappa shape index (κ3) is 4.52. The Balaban J connectivity index is 2.01. The van der Waals surface area contributed by atoms with E-state index in [4.69, 9.17) is 4.74 Å². The number of Topliss-reactive ketones (excluding diaryl/α,β-unsaturated/α-hetero) is 1. The summed E-state index contributed by atoms with van der Waals surface area (Å²) in [4.78, 5) is 27.0. The maximum atomic E-state index is 13.3. The van der Waals surface area contributed by atoms with Crippen molar-refractivity contribution in [3.8, 4) is 5.75 Å². The zero-order chi connectivity index (χ0) is 21.8. The minimum absolute atomic E-state index is 0.0413. The molecule has 2 aromatic carbocycles. The molecule has 1 heterocycles. The first-order valence-electron chi connectivity index (χ1n) is 9.74. The first-order chi connectivity index (χ1) is 14.3. The molecule has 1 fully saturated rings. The van der Waals surface area contributed by atoms with Crippen molar-refractivity contribution in [1.29, 1.82) is 0 Å². The Bertz CT molecular complexity index is 951. The number of aliphatic hydroxyl groups excluding tert-OH is 1. The number of aromatic hydroxyl groups is 1. The van der Waals surface area contributed by atoms with Crippen molar-refractivity contribution in [2.24, 2.45) is 0 Å². The van der Waals surface area contributed by atoms with Crippen LogP contribution in [0.15, 0.2) is 54.1 Å². The smallest absolute Gasteiger partial charge is 0.295 e. The Morgan fingerprint density at radius 3 is 2.33 bits per heavy atom. The van der Waals surface area contributed by atoms with Gasteiger partial charge in [-0.05, 0) is 62.2 Å². The van der Waals surface area contributed by atoms with Gasteiger partial charge in [0.1, 0.15) is 17.3 Å². The first kappa shape index (κ1) is 21.5. The summed E-state index contributed by atoms with van der Waals surface area (Å²) >= 11 is 0. The minimum Gasteiger partial charge on any atom is -0.508 e. The second kappa shape index (κ2) is 9.09. The highest BCUT2D eigenvalue weighted by molar-refractivity contribution is 6.46. The fourth-order valence-corrected chi connectivity index (χ4v) is 3.43. The topological polar surface area (TPSA) is 87.1 Å². The summed E-state index contributed by atoms with van der Waals surface area (Å²) in [5.41, 5.74) is 0.740. The predicted molar refractivity (Wildman–Crippen MR) is 109 cm³/mol. The second-order valence-electron chi connectivity index (χ2n) is 7.36. The van der Waals surface area contributed by atoms with E-state index in [0.717, 1.165) is 0 Å². The van der Waals surface area contributed by atoms with Gasteiger partial charge in [0.05, 0.1) is 17.7 Å². The standard InChI is InChI=1S/C23H24FNO5/c1-14(2)30-13-3-12-25-20(15-6-10-18(26)11-7-15)19(22(28)23(25)29)21(27)16-4-8-17(24)9-5-16/h4-11,14,20,26-27H,3,12-13H2,1-2H3. The number of likely N-dealkylation sites (tertiary alicyclic amines) is 1. The van der Waals surface area contributed by atoms with Crippen molar-refractivity contribution in [2.45, 2.75) is 32.4 Å². The zero-order valence-corrected chi connectivity index (χ0v) is 16.8. The van der Waals surface area contributed by atoms with Gasteiger partial charge in [-0.3, -0.25) is 9.59 Å². The van der Waals surface area contributed by atoms with Crippen LogP contribution in [-0.2, 0) is 14.3 Å². The molecule has 1 saturated heterocycles. The van der Waals surface area contributed by atoms with Crippen LogP contribution in [0.3, 0.4) is 0 Å². The number of aliphatic hydroxyl groups is 1. The Labute approximate surface area is 174 Å². The highest BCUT2D eigenvalue weighted by atomic mass is 19.1. The number of nitrogens with zero attached hydrogens (tertiary/aromatic N) is 1. The number of amides is 1. The molecule has 158 valence electrons. The van der Waals surface area contributed by atoms with E-state index in [1.807, 2.05) is 13.8 Å².